The van der Waals surface area contributed by atoms with Crippen LogP contribution in [0.15, 0.2) is 0 Å². The molecule has 0 aromatic heterocycles. The van der Waals surface area contributed by atoms with Crippen molar-refractivity contribution in [2.75, 3.05) is 40.4 Å². The van der Waals surface area contributed by atoms with Gasteiger partial charge in [0.2, 0.25) is 0 Å². The van der Waals surface area contributed by atoms with E-state index in [4.69, 9.17) is 4.74 Å². The highest BCUT2D eigenvalue weighted by atomic mass is 16.5. The van der Waals surface area contributed by atoms with E-state index in [1.54, 1.807) is 0 Å². The second kappa shape index (κ2) is 6.99. The number of nitrogens with two attached hydrogens (primary N) is 1. The molecule has 3 heteroatoms. The molecule has 0 radical (unpaired) electrons. The molecule has 0 saturated carbocycles. The average molecular weight is 146 g/mol. The largest absolute Gasteiger partial charge is 0.380 e. The fourth-order valence-electron chi connectivity index (χ4n) is 0.871. The zero-order chi connectivity index (χ0) is 7.82. The molecule has 2 N–H and O–H groups in total. The van der Waals surface area contributed by atoms with Crippen LogP contribution in [0.2, 0.25) is 0 Å². The molecule has 1 saturated heterocycles. The summed E-state index contributed by atoms with van der Waals surface area (Å²) in [6, 6.07) is 0. The number of hydrogen-bond acceptors (Lipinski definition) is 3. The fourth-order valence-corrected chi connectivity index (χ4v) is 0.871. The fraction of sp³-hybridized carbons (Fsp3) is 1.00. The standard InChI is InChI=1S/C6H13NO.CH5N/c1-7-3-2-5-8-6-4-7;1-2/h2-6H2,1H3;2H2,1H3. The van der Waals surface area contributed by atoms with Crippen LogP contribution in [0.5, 0.6) is 0 Å². The second-order valence-corrected chi connectivity index (χ2v) is 2.27. The van der Waals surface area contributed by atoms with E-state index in [1.165, 1.54) is 20.0 Å². The Labute approximate surface area is 63.1 Å². The summed E-state index contributed by atoms with van der Waals surface area (Å²) in [6.07, 6.45) is 1.19. The highest BCUT2D eigenvalue weighted by Gasteiger charge is 2.01. The summed E-state index contributed by atoms with van der Waals surface area (Å²) in [5.74, 6) is 0. The van der Waals surface area contributed by atoms with Gasteiger partial charge in [0.15, 0.2) is 0 Å². The van der Waals surface area contributed by atoms with Crippen molar-refractivity contribution >= 4 is 0 Å². The SMILES string of the molecule is CN.CN1CCCOCC1. The van der Waals surface area contributed by atoms with Gasteiger partial charge in [0, 0.05) is 19.7 Å². The van der Waals surface area contributed by atoms with Crippen LogP contribution in [0.1, 0.15) is 6.42 Å². The van der Waals surface area contributed by atoms with Gasteiger partial charge in [-0.15, -0.1) is 0 Å². The Bertz CT molecular complexity index is 60.6. The third-order valence-corrected chi connectivity index (χ3v) is 1.45. The molecule has 0 aliphatic carbocycles. The lowest BCUT2D eigenvalue weighted by Crippen LogP contribution is -2.20. The third-order valence-electron chi connectivity index (χ3n) is 1.45. The molecule has 0 aromatic rings. The summed E-state index contributed by atoms with van der Waals surface area (Å²) in [7, 11) is 3.63. The lowest BCUT2D eigenvalue weighted by molar-refractivity contribution is 0.144. The van der Waals surface area contributed by atoms with E-state index < -0.39 is 0 Å². The van der Waals surface area contributed by atoms with Gasteiger partial charge < -0.3 is 15.4 Å². The smallest absolute Gasteiger partial charge is 0.0593 e. The molecule has 1 fully saturated rings. The first-order valence-electron chi connectivity index (χ1n) is 3.73. The molecule has 0 unspecified atom stereocenters. The molecule has 1 aliphatic rings. The predicted molar refractivity (Wildman–Crippen MR) is 43.0 cm³/mol. The summed E-state index contributed by atoms with van der Waals surface area (Å²) in [5, 5.41) is 0. The molecule has 1 rings (SSSR count). The first kappa shape index (κ1) is 9.88. The van der Waals surface area contributed by atoms with Gasteiger partial charge in [-0.25, -0.2) is 0 Å². The molecule has 0 aromatic carbocycles. The minimum Gasteiger partial charge on any atom is -0.380 e. The van der Waals surface area contributed by atoms with E-state index in [1.807, 2.05) is 0 Å². The predicted octanol–water partition coefficient (Wildman–Crippen LogP) is -0.0866. The van der Waals surface area contributed by atoms with Crippen LogP contribution in [0.3, 0.4) is 0 Å². The van der Waals surface area contributed by atoms with Gasteiger partial charge in [0.05, 0.1) is 6.61 Å². The van der Waals surface area contributed by atoms with Gasteiger partial charge in [-0.1, -0.05) is 0 Å². The molecule has 3 nitrogen and oxygen atoms in total. The third kappa shape index (κ3) is 4.73. The number of rotatable bonds is 0. The first-order valence-corrected chi connectivity index (χ1v) is 3.73. The Hall–Kier alpha value is -0.120. The number of nitrogens with zero attached hydrogens (tertiary/aromatic N) is 1. The maximum absolute atomic E-state index is 5.22. The summed E-state index contributed by atoms with van der Waals surface area (Å²) in [6.45, 7) is 4.15. The van der Waals surface area contributed by atoms with Crippen LogP contribution < -0.4 is 5.73 Å². The lowest BCUT2D eigenvalue weighted by Gasteiger charge is -2.09. The van der Waals surface area contributed by atoms with E-state index in [-0.39, 0.29) is 0 Å². The van der Waals surface area contributed by atoms with Crippen molar-refractivity contribution in [2.24, 2.45) is 5.73 Å². The van der Waals surface area contributed by atoms with E-state index >= 15 is 0 Å². The molecular weight excluding hydrogens is 128 g/mol. The van der Waals surface area contributed by atoms with Crippen molar-refractivity contribution < 1.29 is 4.74 Å². The molecule has 10 heavy (non-hydrogen) atoms. The minimum absolute atomic E-state index is 0.913. The molecule has 0 amide bonds. The van der Waals surface area contributed by atoms with E-state index in [9.17, 15) is 0 Å². The van der Waals surface area contributed by atoms with Gasteiger partial charge >= 0.3 is 0 Å². The van der Waals surface area contributed by atoms with Crippen LogP contribution in [-0.4, -0.2) is 45.3 Å². The molecule has 1 aliphatic heterocycles. The van der Waals surface area contributed by atoms with Crippen molar-refractivity contribution in [3.63, 3.8) is 0 Å². The Morgan fingerprint density at radius 2 is 1.90 bits per heavy atom. The number of hydrogen-bond donors (Lipinski definition) is 1. The van der Waals surface area contributed by atoms with Gasteiger partial charge in [-0.05, 0) is 20.5 Å². The van der Waals surface area contributed by atoms with Crippen molar-refractivity contribution in [1.29, 1.82) is 0 Å². The molecule has 62 valence electrons. The van der Waals surface area contributed by atoms with Gasteiger partial charge in [-0.3, -0.25) is 0 Å². The second-order valence-electron chi connectivity index (χ2n) is 2.27. The zero-order valence-electron chi connectivity index (χ0n) is 6.97. The average Bonchev–Trinajstić information content (AvgIpc) is 2.21. The number of likely N-dealkylation sites (N-methyl/N-ethyl adjacent to an activating group) is 1. The maximum atomic E-state index is 5.22. The monoisotopic (exact) mass is 146 g/mol. The van der Waals surface area contributed by atoms with Gasteiger partial charge in [0.25, 0.3) is 0 Å². The van der Waals surface area contributed by atoms with Crippen LogP contribution in [0.4, 0.5) is 0 Å². The normalized spacial score (nSPS) is 20.7. The van der Waals surface area contributed by atoms with Crippen molar-refractivity contribution in [2.45, 2.75) is 6.42 Å². The number of ether oxygens (including phenoxy) is 1. The van der Waals surface area contributed by atoms with E-state index in [2.05, 4.69) is 17.7 Å². The molecule has 0 atom stereocenters. The zero-order valence-corrected chi connectivity index (χ0v) is 6.97. The van der Waals surface area contributed by atoms with Crippen LogP contribution >= 0.6 is 0 Å². The Kier molecular flexibility index (Phi) is 6.91. The summed E-state index contributed by atoms with van der Waals surface area (Å²) >= 11 is 0. The topological polar surface area (TPSA) is 38.5 Å². The Morgan fingerprint density at radius 3 is 2.60 bits per heavy atom. The van der Waals surface area contributed by atoms with Crippen LogP contribution in [0.25, 0.3) is 0 Å². The highest BCUT2D eigenvalue weighted by Crippen LogP contribution is 1.93. The van der Waals surface area contributed by atoms with Crippen molar-refractivity contribution in [1.82, 2.24) is 4.90 Å². The van der Waals surface area contributed by atoms with E-state index in [0.717, 1.165) is 19.8 Å². The first-order chi connectivity index (χ1) is 4.89. The van der Waals surface area contributed by atoms with Gasteiger partial charge in [0.1, 0.15) is 0 Å². The molecule has 0 bridgehead atoms. The lowest BCUT2D eigenvalue weighted by atomic mass is 10.4. The molecule has 1 heterocycles. The Balaban J connectivity index is 0.000000371. The summed E-state index contributed by atoms with van der Waals surface area (Å²) in [4.78, 5) is 2.30. The quantitative estimate of drug-likeness (QED) is 0.519. The van der Waals surface area contributed by atoms with Crippen LogP contribution in [-0.2, 0) is 4.74 Å². The summed E-state index contributed by atoms with van der Waals surface area (Å²) < 4.78 is 5.22. The van der Waals surface area contributed by atoms with Gasteiger partial charge in [-0.2, -0.15) is 0 Å². The Morgan fingerprint density at radius 1 is 1.20 bits per heavy atom. The molecular formula is C7H18N2O. The van der Waals surface area contributed by atoms with E-state index in [0.29, 0.717) is 0 Å². The molecule has 0 spiro atoms. The summed E-state index contributed by atoms with van der Waals surface area (Å²) in [5.41, 5.74) is 4.50. The van der Waals surface area contributed by atoms with Crippen LogP contribution in [0, 0.1) is 0 Å². The highest BCUT2D eigenvalue weighted by molar-refractivity contribution is 4.53. The van der Waals surface area contributed by atoms with Crippen molar-refractivity contribution in [3.8, 4) is 0 Å². The maximum Gasteiger partial charge on any atom is 0.0593 e. The van der Waals surface area contributed by atoms with Crippen molar-refractivity contribution in [3.05, 3.63) is 0 Å². The minimum atomic E-state index is 0.913.